The number of benzene rings is 1. The average molecular weight is 395 g/mol. The van der Waals surface area contributed by atoms with Gasteiger partial charge in [-0.3, -0.25) is 4.79 Å². The molecule has 0 fully saturated rings. The molecule has 2 aromatic rings. The molecular formula is C21H19ClN4O2. The van der Waals surface area contributed by atoms with Crippen molar-refractivity contribution in [3.63, 3.8) is 0 Å². The summed E-state index contributed by atoms with van der Waals surface area (Å²) in [5.41, 5.74) is 14.0. The predicted molar refractivity (Wildman–Crippen MR) is 107 cm³/mol. The highest BCUT2D eigenvalue weighted by Gasteiger charge is 2.44. The van der Waals surface area contributed by atoms with Crippen molar-refractivity contribution >= 4 is 28.9 Å². The van der Waals surface area contributed by atoms with Gasteiger partial charge >= 0.3 is 0 Å². The Morgan fingerprint density at radius 3 is 2.68 bits per heavy atom. The predicted octanol–water partition coefficient (Wildman–Crippen LogP) is 3.94. The van der Waals surface area contributed by atoms with E-state index in [1.54, 1.807) is 6.07 Å². The van der Waals surface area contributed by atoms with Gasteiger partial charge < -0.3 is 16.2 Å². The van der Waals surface area contributed by atoms with Crippen molar-refractivity contribution in [1.29, 1.82) is 5.26 Å². The minimum atomic E-state index is -0.559. The summed E-state index contributed by atoms with van der Waals surface area (Å²) in [6.45, 7) is 4.04. The highest BCUT2D eigenvalue weighted by molar-refractivity contribution is 6.31. The number of aromatic nitrogens is 1. The SMILES string of the molecule is CC1(C)CC(=O)C2=C(C1)Oc1nc(N)c(C#N)c(N)c1[C@H]2c1ccccc1Cl. The average Bonchev–Trinajstić information content (AvgIpc) is 2.59. The first-order valence-corrected chi connectivity index (χ1v) is 9.29. The minimum absolute atomic E-state index is 0.00195. The van der Waals surface area contributed by atoms with E-state index in [0.717, 1.165) is 5.56 Å². The summed E-state index contributed by atoms with van der Waals surface area (Å²) >= 11 is 6.49. The van der Waals surface area contributed by atoms with Crippen LogP contribution in [0.1, 0.15) is 49.3 Å². The van der Waals surface area contributed by atoms with Crippen LogP contribution in [0.15, 0.2) is 35.6 Å². The fourth-order valence-electron chi connectivity index (χ4n) is 4.06. The first-order valence-electron chi connectivity index (χ1n) is 8.91. The van der Waals surface area contributed by atoms with Gasteiger partial charge in [0.2, 0.25) is 5.88 Å². The number of rotatable bonds is 1. The molecule has 4 rings (SSSR count). The summed E-state index contributed by atoms with van der Waals surface area (Å²) in [5.74, 6) is 0.216. The largest absolute Gasteiger partial charge is 0.442 e. The van der Waals surface area contributed by atoms with Crippen molar-refractivity contribution in [1.82, 2.24) is 4.98 Å². The third-order valence-corrected chi connectivity index (χ3v) is 5.62. The first kappa shape index (κ1) is 18.3. The van der Waals surface area contributed by atoms with Crippen LogP contribution >= 0.6 is 11.6 Å². The van der Waals surface area contributed by atoms with E-state index in [9.17, 15) is 10.1 Å². The molecule has 1 atom stereocenters. The Morgan fingerprint density at radius 2 is 2.00 bits per heavy atom. The van der Waals surface area contributed by atoms with E-state index in [1.807, 2.05) is 38.1 Å². The number of pyridine rings is 1. The molecule has 142 valence electrons. The van der Waals surface area contributed by atoms with E-state index in [4.69, 9.17) is 27.8 Å². The molecule has 0 spiro atoms. The van der Waals surface area contributed by atoms with Gasteiger partial charge in [0.25, 0.3) is 0 Å². The Morgan fingerprint density at radius 1 is 1.29 bits per heavy atom. The third kappa shape index (κ3) is 2.71. The van der Waals surface area contributed by atoms with Crippen LogP contribution in [-0.4, -0.2) is 10.8 Å². The number of allylic oxidation sites excluding steroid dienone is 2. The molecule has 2 aliphatic rings. The van der Waals surface area contributed by atoms with Crippen molar-refractivity contribution in [3.05, 3.63) is 57.3 Å². The van der Waals surface area contributed by atoms with Crippen LogP contribution in [0, 0.1) is 16.7 Å². The molecule has 6 nitrogen and oxygen atoms in total. The van der Waals surface area contributed by atoms with Crippen LogP contribution in [0.25, 0.3) is 0 Å². The summed E-state index contributed by atoms with van der Waals surface area (Å²) in [5, 5.41) is 9.97. The summed E-state index contributed by atoms with van der Waals surface area (Å²) in [7, 11) is 0. The Kier molecular flexibility index (Phi) is 4.09. The number of ether oxygens (including phenoxy) is 1. The van der Waals surface area contributed by atoms with Gasteiger partial charge in [0.1, 0.15) is 23.2 Å². The Labute approximate surface area is 167 Å². The van der Waals surface area contributed by atoms with E-state index < -0.39 is 5.92 Å². The molecule has 1 aliphatic carbocycles. The van der Waals surface area contributed by atoms with Crippen LogP contribution in [0.2, 0.25) is 5.02 Å². The normalized spacial score (nSPS) is 20.1. The van der Waals surface area contributed by atoms with Crippen molar-refractivity contribution in [2.24, 2.45) is 5.41 Å². The summed E-state index contributed by atoms with van der Waals surface area (Å²) in [4.78, 5) is 17.4. The number of carbonyl (C=O) groups excluding carboxylic acids is 1. The lowest BCUT2D eigenvalue weighted by Gasteiger charge is -2.38. The smallest absolute Gasteiger partial charge is 0.227 e. The van der Waals surface area contributed by atoms with Crippen LogP contribution < -0.4 is 16.2 Å². The van der Waals surface area contributed by atoms with Crippen molar-refractivity contribution in [3.8, 4) is 11.9 Å². The molecule has 2 heterocycles. The molecule has 0 saturated carbocycles. The lowest BCUT2D eigenvalue weighted by Crippen LogP contribution is -2.33. The van der Waals surface area contributed by atoms with Crippen molar-refractivity contribution < 1.29 is 9.53 Å². The first-order chi connectivity index (χ1) is 13.2. The maximum atomic E-state index is 13.1. The Bertz CT molecular complexity index is 1100. The van der Waals surface area contributed by atoms with Crippen molar-refractivity contribution in [2.45, 2.75) is 32.6 Å². The zero-order valence-electron chi connectivity index (χ0n) is 15.5. The van der Waals surface area contributed by atoms with E-state index in [2.05, 4.69) is 4.98 Å². The molecule has 0 unspecified atom stereocenters. The second-order valence-corrected chi connectivity index (χ2v) is 8.36. The number of ketones is 1. The summed E-state index contributed by atoms with van der Waals surface area (Å²) in [6, 6.07) is 9.27. The number of fused-ring (bicyclic) bond motifs is 1. The van der Waals surface area contributed by atoms with Crippen molar-refractivity contribution in [2.75, 3.05) is 11.5 Å². The number of nitrogens with two attached hydrogens (primary N) is 2. The van der Waals surface area contributed by atoms with E-state index >= 15 is 0 Å². The van der Waals surface area contributed by atoms with Crippen LogP contribution in [0.3, 0.4) is 0 Å². The molecule has 0 radical (unpaired) electrons. The monoisotopic (exact) mass is 394 g/mol. The maximum Gasteiger partial charge on any atom is 0.227 e. The molecule has 0 bridgehead atoms. The Balaban J connectivity index is 2.05. The zero-order valence-corrected chi connectivity index (χ0v) is 16.3. The van der Waals surface area contributed by atoms with E-state index in [0.29, 0.717) is 34.8 Å². The zero-order chi connectivity index (χ0) is 20.2. The number of hydrogen-bond acceptors (Lipinski definition) is 6. The molecule has 4 N–H and O–H groups in total. The summed E-state index contributed by atoms with van der Waals surface area (Å²) in [6.07, 6.45) is 0.967. The van der Waals surface area contributed by atoms with Gasteiger partial charge in [-0.2, -0.15) is 10.2 Å². The number of hydrogen-bond donors (Lipinski definition) is 2. The number of Topliss-reactive ketones (excluding diaryl/α,β-unsaturated/α-hetero) is 1. The van der Waals surface area contributed by atoms with Gasteiger partial charge in [-0.15, -0.1) is 0 Å². The number of nitrogens with zero attached hydrogens (tertiary/aromatic N) is 2. The van der Waals surface area contributed by atoms with Gasteiger partial charge in [0.05, 0.1) is 11.3 Å². The molecule has 0 amide bonds. The van der Waals surface area contributed by atoms with Gasteiger partial charge in [-0.1, -0.05) is 43.6 Å². The number of nitriles is 1. The highest BCUT2D eigenvalue weighted by atomic mass is 35.5. The lowest BCUT2D eigenvalue weighted by molar-refractivity contribution is -0.118. The molecule has 7 heteroatoms. The maximum absolute atomic E-state index is 13.1. The van der Waals surface area contributed by atoms with Crippen LogP contribution in [0.5, 0.6) is 5.88 Å². The standard InChI is InChI=1S/C21H19ClN4O2/c1-21(2)7-13(27)16-14(8-21)28-20-17(18(24)11(9-23)19(25)26-20)15(16)10-5-3-4-6-12(10)22/h3-6,15H,7-8H2,1-2H3,(H4,24,25,26)/t15-/m0/s1. The second-order valence-electron chi connectivity index (χ2n) is 7.95. The number of carbonyl (C=O) groups is 1. The second kappa shape index (κ2) is 6.25. The fourth-order valence-corrected chi connectivity index (χ4v) is 4.30. The highest BCUT2D eigenvalue weighted by Crippen LogP contribution is 2.52. The van der Waals surface area contributed by atoms with Gasteiger partial charge in [-0.25, -0.2) is 0 Å². The lowest BCUT2D eigenvalue weighted by atomic mass is 9.70. The number of nitrogen functional groups attached to an aromatic ring is 2. The van der Waals surface area contributed by atoms with E-state index in [-0.39, 0.29) is 34.1 Å². The van der Waals surface area contributed by atoms with Gasteiger partial charge in [-0.05, 0) is 17.0 Å². The quantitative estimate of drug-likeness (QED) is 0.756. The molecule has 1 aromatic heterocycles. The minimum Gasteiger partial charge on any atom is -0.442 e. The third-order valence-electron chi connectivity index (χ3n) is 5.27. The van der Waals surface area contributed by atoms with Gasteiger partial charge in [0, 0.05) is 29.4 Å². The molecule has 0 saturated heterocycles. The van der Waals surface area contributed by atoms with E-state index in [1.165, 1.54) is 0 Å². The number of halogens is 1. The molecular weight excluding hydrogens is 376 g/mol. The topological polar surface area (TPSA) is 115 Å². The van der Waals surface area contributed by atoms with Gasteiger partial charge in [0.15, 0.2) is 5.78 Å². The molecule has 28 heavy (non-hydrogen) atoms. The van der Waals surface area contributed by atoms with Crippen LogP contribution in [-0.2, 0) is 4.79 Å². The van der Waals surface area contributed by atoms with Crippen LogP contribution in [0.4, 0.5) is 11.5 Å². The number of anilines is 2. The Hall–Kier alpha value is -3.04. The summed E-state index contributed by atoms with van der Waals surface area (Å²) < 4.78 is 6.03. The molecule has 1 aromatic carbocycles. The fraction of sp³-hybridized carbons (Fsp3) is 0.286. The molecule has 1 aliphatic heterocycles.